The van der Waals surface area contributed by atoms with Crippen LogP contribution >= 0.6 is 0 Å². The van der Waals surface area contributed by atoms with Crippen LogP contribution in [-0.2, 0) is 20.9 Å². The molecule has 4 aromatic rings. The fourth-order valence-electron chi connectivity index (χ4n) is 3.26. The van der Waals surface area contributed by atoms with Gasteiger partial charge in [-0.15, -0.1) is 0 Å². The van der Waals surface area contributed by atoms with Gasteiger partial charge in [0.25, 0.3) is 10.0 Å². The summed E-state index contributed by atoms with van der Waals surface area (Å²) in [6.07, 6.45) is -0.666. The minimum atomic E-state index is -4.57. The Morgan fingerprint density at radius 1 is 1.03 bits per heavy atom. The number of pyridine rings is 1. The van der Waals surface area contributed by atoms with Crippen LogP contribution in [0.4, 0.5) is 30.5 Å². The first kappa shape index (κ1) is 24.9. The van der Waals surface area contributed by atoms with Crippen LogP contribution in [0.5, 0.6) is 0 Å². The lowest BCUT2D eigenvalue weighted by Gasteiger charge is -2.16. The Kier molecular flexibility index (Phi) is 6.75. The predicted octanol–water partition coefficient (Wildman–Crippen LogP) is 4.76. The van der Waals surface area contributed by atoms with Gasteiger partial charge in [-0.3, -0.25) is 4.98 Å². The Labute approximate surface area is 203 Å². The lowest BCUT2D eigenvalue weighted by Crippen LogP contribution is -2.14. The summed E-state index contributed by atoms with van der Waals surface area (Å²) in [5.41, 5.74) is -0.349. The Hall–Kier alpha value is -4.26. The molecule has 0 spiro atoms. The maximum Gasteiger partial charge on any atom is 0.416 e. The minimum Gasteiger partial charge on any atom is -0.462 e. The summed E-state index contributed by atoms with van der Waals surface area (Å²) in [6.45, 7) is 1.69. The molecule has 0 unspecified atom stereocenters. The SMILES string of the molecule is CCOC(=O)c1cnc2cc(C(F)(F)F)ccc2c1Nc1ccc(S(=O)(=O)Nc2ncccn2)cc1. The number of aromatic nitrogens is 3. The van der Waals surface area contributed by atoms with E-state index in [4.69, 9.17) is 4.74 Å². The number of alkyl halides is 3. The molecule has 0 bridgehead atoms. The van der Waals surface area contributed by atoms with E-state index in [0.717, 1.165) is 18.3 Å². The van der Waals surface area contributed by atoms with Crippen LogP contribution in [0.3, 0.4) is 0 Å². The van der Waals surface area contributed by atoms with Gasteiger partial charge in [0.15, 0.2) is 0 Å². The van der Waals surface area contributed by atoms with E-state index < -0.39 is 27.7 Å². The number of esters is 1. The summed E-state index contributed by atoms with van der Waals surface area (Å²) in [6, 6.07) is 10.00. The second-order valence-corrected chi connectivity index (χ2v) is 9.01. The van der Waals surface area contributed by atoms with E-state index in [1.807, 2.05) is 0 Å². The van der Waals surface area contributed by atoms with Gasteiger partial charge in [0.2, 0.25) is 5.95 Å². The fraction of sp³-hybridized carbons (Fsp3) is 0.130. The number of sulfonamides is 1. The first-order valence-electron chi connectivity index (χ1n) is 10.4. The molecule has 4 rings (SSSR count). The number of nitrogens with zero attached hydrogens (tertiary/aromatic N) is 3. The van der Waals surface area contributed by atoms with Gasteiger partial charge in [-0.1, -0.05) is 6.07 Å². The summed E-state index contributed by atoms with van der Waals surface area (Å²) in [4.78, 5) is 24.1. The normalized spacial score (nSPS) is 11.8. The monoisotopic (exact) mass is 517 g/mol. The van der Waals surface area contributed by atoms with Crippen LogP contribution in [0, 0.1) is 0 Å². The number of hydrogen-bond acceptors (Lipinski definition) is 8. The van der Waals surface area contributed by atoms with Crippen LogP contribution < -0.4 is 10.0 Å². The number of benzene rings is 2. The van der Waals surface area contributed by atoms with Gasteiger partial charge >= 0.3 is 12.1 Å². The lowest BCUT2D eigenvalue weighted by atomic mass is 10.1. The average Bonchev–Trinajstić information content (AvgIpc) is 2.84. The van der Waals surface area contributed by atoms with Gasteiger partial charge < -0.3 is 10.1 Å². The number of halogens is 3. The molecule has 186 valence electrons. The number of anilines is 3. The third kappa shape index (κ3) is 5.35. The third-order valence-electron chi connectivity index (χ3n) is 4.92. The summed E-state index contributed by atoms with van der Waals surface area (Å²) in [7, 11) is -3.98. The van der Waals surface area contributed by atoms with Crippen molar-refractivity contribution in [1.29, 1.82) is 0 Å². The van der Waals surface area contributed by atoms with E-state index in [1.165, 1.54) is 48.8 Å². The second kappa shape index (κ2) is 9.77. The van der Waals surface area contributed by atoms with E-state index in [-0.39, 0.29) is 39.6 Å². The summed E-state index contributed by atoms with van der Waals surface area (Å²) < 4.78 is 72.0. The van der Waals surface area contributed by atoms with Crippen molar-refractivity contribution in [3.63, 3.8) is 0 Å². The standard InChI is InChI=1S/C23H18F3N5O4S/c1-2-35-21(32)18-13-29-19-12-14(23(24,25)26)4-9-17(19)20(18)30-15-5-7-16(8-6-15)36(33,34)31-22-27-10-3-11-28-22/h3-13H,2H2,1H3,(H,29,30)(H,27,28,31). The Balaban J connectivity index is 1.70. The molecular formula is C23H18F3N5O4S. The first-order valence-corrected chi connectivity index (χ1v) is 11.9. The molecule has 0 radical (unpaired) electrons. The van der Waals surface area contributed by atoms with E-state index in [2.05, 4.69) is 25.0 Å². The molecule has 0 aliphatic rings. The van der Waals surface area contributed by atoms with Crippen LogP contribution in [0.25, 0.3) is 10.9 Å². The maximum absolute atomic E-state index is 13.2. The summed E-state index contributed by atoms with van der Waals surface area (Å²) in [5, 5.41) is 3.22. The molecule has 0 saturated heterocycles. The van der Waals surface area contributed by atoms with E-state index in [0.29, 0.717) is 5.69 Å². The van der Waals surface area contributed by atoms with Gasteiger partial charge in [-0.05, 0) is 49.4 Å². The lowest BCUT2D eigenvalue weighted by molar-refractivity contribution is -0.137. The Bertz CT molecular complexity index is 1510. The molecule has 0 atom stereocenters. The molecule has 36 heavy (non-hydrogen) atoms. The van der Waals surface area contributed by atoms with Gasteiger partial charge in [-0.2, -0.15) is 13.2 Å². The van der Waals surface area contributed by atoms with Crippen molar-refractivity contribution in [2.24, 2.45) is 0 Å². The molecule has 0 amide bonds. The number of rotatable bonds is 7. The molecule has 2 aromatic heterocycles. The second-order valence-electron chi connectivity index (χ2n) is 7.32. The molecule has 0 aliphatic heterocycles. The highest BCUT2D eigenvalue weighted by atomic mass is 32.2. The highest BCUT2D eigenvalue weighted by Gasteiger charge is 2.31. The molecule has 0 saturated carbocycles. The maximum atomic E-state index is 13.2. The van der Waals surface area contributed by atoms with Crippen molar-refractivity contribution in [2.75, 3.05) is 16.6 Å². The highest BCUT2D eigenvalue weighted by molar-refractivity contribution is 7.92. The van der Waals surface area contributed by atoms with Crippen LogP contribution in [-0.4, -0.2) is 35.9 Å². The van der Waals surface area contributed by atoms with Crippen LogP contribution in [0.15, 0.2) is 72.0 Å². The topological polar surface area (TPSA) is 123 Å². The molecule has 0 aliphatic carbocycles. The minimum absolute atomic E-state index is 0.00343. The molecule has 2 heterocycles. The van der Waals surface area contributed by atoms with Gasteiger partial charge in [0.1, 0.15) is 5.56 Å². The Morgan fingerprint density at radius 3 is 2.36 bits per heavy atom. The highest BCUT2D eigenvalue weighted by Crippen LogP contribution is 2.35. The van der Waals surface area contributed by atoms with Crippen molar-refractivity contribution < 1.29 is 31.1 Å². The zero-order chi connectivity index (χ0) is 25.9. The molecule has 9 nitrogen and oxygen atoms in total. The quantitative estimate of drug-likeness (QED) is 0.336. The zero-order valence-electron chi connectivity index (χ0n) is 18.6. The van der Waals surface area contributed by atoms with Gasteiger partial charge in [0, 0.05) is 29.7 Å². The third-order valence-corrected chi connectivity index (χ3v) is 6.26. The fourth-order valence-corrected chi connectivity index (χ4v) is 4.22. The van der Waals surface area contributed by atoms with Gasteiger partial charge in [0.05, 0.1) is 28.3 Å². The van der Waals surface area contributed by atoms with E-state index in [1.54, 1.807) is 6.92 Å². The summed E-state index contributed by atoms with van der Waals surface area (Å²) in [5.74, 6) is -0.819. The van der Waals surface area contributed by atoms with Crippen molar-refractivity contribution in [1.82, 2.24) is 15.0 Å². The first-order chi connectivity index (χ1) is 17.1. The number of hydrogen-bond donors (Lipinski definition) is 2. The molecule has 2 N–H and O–H groups in total. The van der Waals surface area contributed by atoms with Crippen LogP contribution in [0.1, 0.15) is 22.8 Å². The number of nitrogens with one attached hydrogen (secondary N) is 2. The van der Waals surface area contributed by atoms with Crippen molar-refractivity contribution in [2.45, 2.75) is 18.0 Å². The van der Waals surface area contributed by atoms with E-state index >= 15 is 0 Å². The smallest absolute Gasteiger partial charge is 0.416 e. The van der Waals surface area contributed by atoms with Crippen molar-refractivity contribution >= 4 is 44.2 Å². The largest absolute Gasteiger partial charge is 0.462 e. The number of ether oxygens (including phenoxy) is 1. The molecule has 2 aromatic carbocycles. The van der Waals surface area contributed by atoms with Gasteiger partial charge in [-0.25, -0.2) is 27.9 Å². The average molecular weight is 517 g/mol. The predicted molar refractivity (Wildman–Crippen MR) is 125 cm³/mol. The Morgan fingerprint density at radius 2 is 1.72 bits per heavy atom. The number of carbonyl (C=O) groups excluding carboxylic acids is 1. The van der Waals surface area contributed by atoms with Crippen LogP contribution in [0.2, 0.25) is 0 Å². The van der Waals surface area contributed by atoms with E-state index in [9.17, 15) is 26.4 Å². The van der Waals surface area contributed by atoms with Crippen molar-refractivity contribution in [3.05, 3.63) is 78.2 Å². The molecule has 0 fully saturated rings. The number of carbonyl (C=O) groups is 1. The zero-order valence-corrected chi connectivity index (χ0v) is 19.4. The number of fused-ring (bicyclic) bond motifs is 1. The van der Waals surface area contributed by atoms with Crippen molar-refractivity contribution in [3.8, 4) is 0 Å². The summed E-state index contributed by atoms with van der Waals surface area (Å²) >= 11 is 0. The molecular weight excluding hydrogens is 499 g/mol. The molecule has 13 heteroatoms.